The Hall–Kier alpha value is -2.80. The summed E-state index contributed by atoms with van der Waals surface area (Å²) in [7, 11) is 1.99. The molecule has 0 saturated carbocycles. The number of aromatic nitrogens is 2. The Morgan fingerprint density at radius 3 is 2.70 bits per heavy atom. The smallest absolute Gasteiger partial charge is 0.271 e. The molecule has 1 unspecified atom stereocenters. The average molecular weight is 315 g/mol. The van der Waals surface area contributed by atoms with Gasteiger partial charge in [0.25, 0.3) is 5.69 Å². The van der Waals surface area contributed by atoms with Crippen LogP contribution in [0.3, 0.4) is 0 Å². The van der Waals surface area contributed by atoms with E-state index in [1.165, 1.54) is 24.3 Å². The second-order valence-corrected chi connectivity index (χ2v) is 5.56. The Kier molecular flexibility index (Phi) is 4.03. The molecule has 0 fully saturated rings. The predicted octanol–water partition coefficient (Wildman–Crippen LogP) is 1.76. The maximum atomic E-state index is 12.9. The summed E-state index contributed by atoms with van der Waals surface area (Å²) in [6.07, 6.45) is 1.70. The van der Waals surface area contributed by atoms with Gasteiger partial charge in [-0.05, 0) is 18.2 Å². The van der Waals surface area contributed by atoms with Gasteiger partial charge in [0, 0.05) is 23.1 Å². The van der Waals surface area contributed by atoms with Crippen molar-refractivity contribution in [3.05, 3.63) is 70.2 Å². The lowest BCUT2D eigenvalue weighted by molar-refractivity contribution is -0.917. The number of hydrogen-bond donors (Lipinski definition) is 1. The van der Waals surface area contributed by atoms with Crippen LogP contribution >= 0.6 is 0 Å². The van der Waals surface area contributed by atoms with Gasteiger partial charge in [0.1, 0.15) is 12.4 Å². The topological polar surface area (TPSA) is 65.4 Å². The largest absolute Gasteiger partial charge is 0.315 e. The van der Waals surface area contributed by atoms with E-state index in [0.717, 1.165) is 21.4 Å². The quantitative estimate of drug-likeness (QED) is 0.576. The van der Waals surface area contributed by atoms with Crippen LogP contribution in [0.15, 0.2) is 48.7 Å². The number of nitro benzene ring substituents is 1. The maximum Gasteiger partial charge on any atom is 0.271 e. The number of halogens is 1. The summed E-state index contributed by atoms with van der Waals surface area (Å²) >= 11 is 0. The van der Waals surface area contributed by atoms with E-state index in [4.69, 9.17) is 0 Å². The third-order valence-corrected chi connectivity index (χ3v) is 3.68. The van der Waals surface area contributed by atoms with Crippen LogP contribution in [0.2, 0.25) is 0 Å². The number of hydrogen-bond acceptors (Lipinski definition) is 3. The number of fused-ring (bicyclic) bond motifs is 1. The van der Waals surface area contributed by atoms with Crippen molar-refractivity contribution in [2.24, 2.45) is 0 Å². The summed E-state index contributed by atoms with van der Waals surface area (Å²) in [6, 6.07) is 11.1. The van der Waals surface area contributed by atoms with E-state index in [0.29, 0.717) is 13.2 Å². The summed E-state index contributed by atoms with van der Waals surface area (Å²) in [6.45, 7) is 1.26. The van der Waals surface area contributed by atoms with Crippen LogP contribution in [-0.4, -0.2) is 21.8 Å². The number of non-ortho nitro benzene ring substituents is 1. The maximum absolute atomic E-state index is 12.9. The zero-order valence-corrected chi connectivity index (χ0v) is 12.6. The molecule has 0 aliphatic heterocycles. The van der Waals surface area contributed by atoms with Crippen molar-refractivity contribution in [1.82, 2.24) is 9.78 Å². The van der Waals surface area contributed by atoms with Crippen LogP contribution in [0.4, 0.5) is 10.1 Å². The fourth-order valence-electron chi connectivity index (χ4n) is 2.56. The SMILES string of the molecule is C[NH+](Cc1ccc(F)cc1)Cn1ncc2ccc([N+](=O)[O-])cc21. The molecule has 7 heteroatoms. The molecule has 1 atom stereocenters. The lowest BCUT2D eigenvalue weighted by atomic mass is 10.2. The normalized spacial score (nSPS) is 12.4. The third kappa shape index (κ3) is 3.35. The summed E-state index contributed by atoms with van der Waals surface area (Å²) in [5.41, 5.74) is 1.81. The minimum Gasteiger partial charge on any atom is -0.315 e. The molecule has 1 aromatic heterocycles. The van der Waals surface area contributed by atoms with E-state index < -0.39 is 4.92 Å². The van der Waals surface area contributed by atoms with E-state index >= 15 is 0 Å². The van der Waals surface area contributed by atoms with Crippen LogP contribution in [0.5, 0.6) is 0 Å². The van der Waals surface area contributed by atoms with Crippen LogP contribution in [-0.2, 0) is 13.2 Å². The van der Waals surface area contributed by atoms with E-state index in [9.17, 15) is 14.5 Å². The van der Waals surface area contributed by atoms with E-state index in [1.807, 2.05) is 7.05 Å². The van der Waals surface area contributed by atoms with Crippen molar-refractivity contribution in [3.8, 4) is 0 Å². The van der Waals surface area contributed by atoms with Gasteiger partial charge >= 0.3 is 0 Å². The van der Waals surface area contributed by atoms with Crippen molar-refractivity contribution in [2.45, 2.75) is 13.2 Å². The number of nitro groups is 1. The zero-order chi connectivity index (χ0) is 16.4. The highest BCUT2D eigenvalue weighted by Crippen LogP contribution is 2.20. The Morgan fingerprint density at radius 2 is 2.00 bits per heavy atom. The molecule has 3 rings (SSSR count). The molecule has 0 amide bonds. The van der Waals surface area contributed by atoms with Crippen molar-refractivity contribution in [3.63, 3.8) is 0 Å². The zero-order valence-electron chi connectivity index (χ0n) is 12.6. The molecule has 0 saturated heterocycles. The summed E-state index contributed by atoms with van der Waals surface area (Å²) in [5.74, 6) is -0.253. The van der Waals surface area contributed by atoms with Crippen LogP contribution in [0, 0.1) is 15.9 Å². The molecule has 0 aliphatic carbocycles. The lowest BCUT2D eigenvalue weighted by Gasteiger charge is -2.14. The number of quaternary nitrogens is 1. The van der Waals surface area contributed by atoms with Gasteiger partial charge in [0.2, 0.25) is 0 Å². The molecule has 6 nitrogen and oxygen atoms in total. The summed E-state index contributed by atoms with van der Waals surface area (Å²) in [4.78, 5) is 11.6. The molecule has 2 aromatic carbocycles. The average Bonchev–Trinajstić information content (AvgIpc) is 2.92. The summed E-state index contributed by atoms with van der Waals surface area (Å²) in [5, 5.41) is 16.1. The monoisotopic (exact) mass is 315 g/mol. The molecule has 23 heavy (non-hydrogen) atoms. The summed E-state index contributed by atoms with van der Waals surface area (Å²) < 4.78 is 14.7. The van der Waals surface area contributed by atoms with Crippen LogP contribution in [0.25, 0.3) is 10.9 Å². The fourth-order valence-corrected chi connectivity index (χ4v) is 2.56. The van der Waals surface area contributed by atoms with E-state index in [2.05, 4.69) is 5.10 Å². The van der Waals surface area contributed by atoms with Gasteiger partial charge in [-0.3, -0.25) is 10.1 Å². The van der Waals surface area contributed by atoms with E-state index in [-0.39, 0.29) is 11.5 Å². The lowest BCUT2D eigenvalue weighted by Crippen LogP contribution is -3.06. The Bertz CT molecular complexity index is 845. The first-order valence-corrected chi connectivity index (χ1v) is 7.18. The van der Waals surface area contributed by atoms with Crippen LogP contribution < -0.4 is 4.90 Å². The molecule has 118 valence electrons. The molecule has 0 radical (unpaired) electrons. The van der Waals surface area contributed by atoms with Crippen LogP contribution in [0.1, 0.15) is 5.56 Å². The minimum atomic E-state index is -0.411. The third-order valence-electron chi connectivity index (χ3n) is 3.68. The molecule has 0 aliphatic rings. The second kappa shape index (κ2) is 6.13. The predicted molar refractivity (Wildman–Crippen MR) is 83.4 cm³/mol. The van der Waals surface area contributed by atoms with Gasteiger partial charge < -0.3 is 4.90 Å². The highest BCUT2D eigenvalue weighted by atomic mass is 19.1. The Morgan fingerprint density at radius 1 is 1.26 bits per heavy atom. The van der Waals surface area contributed by atoms with Gasteiger partial charge in [0.15, 0.2) is 6.67 Å². The Balaban J connectivity index is 1.78. The molecular formula is C16H16FN4O2+. The van der Waals surface area contributed by atoms with Crippen molar-refractivity contribution in [2.75, 3.05) is 7.05 Å². The van der Waals surface area contributed by atoms with Crippen molar-refractivity contribution >= 4 is 16.6 Å². The van der Waals surface area contributed by atoms with Gasteiger partial charge in [-0.1, -0.05) is 12.1 Å². The molecular weight excluding hydrogens is 299 g/mol. The molecule has 0 bridgehead atoms. The number of nitrogens with one attached hydrogen (secondary N) is 1. The van der Waals surface area contributed by atoms with Crippen molar-refractivity contribution in [1.29, 1.82) is 0 Å². The first-order chi connectivity index (χ1) is 11.0. The molecule has 1 N–H and O–H groups in total. The highest BCUT2D eigenvalue weighted by molar-refractivity contribution is 5.80. The van der Waals surface area contributed by atoms with Gasteiger partial charge in [-0.15, -0.1) is 0 Å². The number of benzene rings is 2. The van der Waals surface area contributed by atoms with Gasteiger partial charge in [-0.25, -0.2) is 9.07 Å². The first kappa shape index (κ1) is 15.1. The number of nitrogens with zero attached hydrogens (tertiary/aromatic N) is 3. The highest BCUT2D eigenvalue weighted by Gasteiger charge is 2.12. The molecule has 1 heterocycles. The first-order valence-electron chi connectivity index (χ1n) is 7.18. The standard InChI is InChI=1S/C16H15FN4O2/c1-19(10-12-2-5-14(17)6-3-12)11-20-16-8-15(21(22)23)7-4-13(16)9-18-20/h2-9H,10-11H2,1H3/p+1. The fraction of sp³-hybridized carbons (Fsp3) is 0.188. The molecule has 3 aromatic rings. The second-order valence-electron chi connectivity index (χ2n) is 5.56. The number of rotatable bonds is 5. The minimum absolute atomic E-state index is 0.0513. The van der Waals surface area contributed by atoms with E-state index in [1.54, 1.807) is 29.1 Å². The van der Waals surface area contributed by atoms with Gasteiger partial charge in [-0.2, -0.15) is 5.10 Å². The Labute approximate surface area is 131 Å². The van der Waals surface area contributed by atoms with Gasteiger partial charge in [0.05, 0.1) is 23.7 Å². The molecule has 0 spiro atoms. The van der Waals surface area contributed by atoms with Crippen molar-refractivity contribution < 1.29 is 14.2 Å².